The van der Waals surface area contributed by atoms with Crippen LogP contribution in [-0.2, 0) is 9.59 Å². The van der Waals surface area contributed by atoms with Crippen LogP contribution in [0.5, 0.6) is 0 Å². The number of nitrogens with zero attached hydrogens (tertiary/aromatic N) is 3. The molecule has 0 unspecified atom stereocenters. The number of amides is 2. The lowest BCUT2D eigenvalue weighted by Gasteiger charge is -2.27. The van der Waals surface area contributed by atoms with E-state index in [1.54, 1.807) is 11.1 Å². The average Bonchev–Trinajstić information content (AvgIpc) is 3.16. The Morgan fingerprint density at radius 1 is 1.33 bits per heavy atom. The molecule has 24 heavy (non-hydrogen) atoms. The molecular formula is C17H26N4O3. The van der Waals surface area contributed by atoms with Crippen LogP contribution in [0.1, 0.15) is 52.0 Å². The Labute approximate surface area is 142 Å². The summed E-state index contributed by atoms with van der Waals surface area (Å²) in [5.74, 6) is -0.396. The van der Waals surface area contributed by atoms with E-state index >= 15 is 0 Å². The topological polar surface area (TPSA) is 87.5 Å². The van der Waals surface area contributed by atoms with Crippen molar-refractivity contribution in [2.75, 3.05) is 11.4 Å². The lowest BCUT2D eigenvalue weighted by atomic mass is 9.92. The highest BCUT2D eigenvalue weighted by molar-refractivity contribution is 6.00. The van der Waals surface area contributed by atoms with Gasteiger partial charge in [-0.15, -0.1) is 0 Å². The highest BCUT2D eigenvalue weighted by Gasteiger charge is 2.36. The predicted octanol–water partition coefficient (Wildman–Crippen LogP) is 1.24. The van der Waals surface area contributed by atoms with E-state index in [4.69, 9.17) is 0 Å². The van der Waals surface area contributed by atoms with Crippen molar-refractivity contribution in [3.63, 3.8) is 0 Å². The van der Waals surface area contributed by atoms with Gasteiger partial charge >= 0.3 is 0 Å². The van der Waals surface area contributed by atoms with E-state index in [1.807, 2.05) is 24.7 Å². The zero-order valence-corrected chi connectivity index (χ0v) is 14.3. The third-order valence-electron chi connectivity index (χ3n) is 4.97. The number of rotatable bonds is 4. The second-order valence-electron chi connectivity index (χ2n) is 7.19. The number of hydrogen-bond acceptors (Lipinski definition) is 4. The Kier molecular flexibility index (Phi) is 4.89. The van der Waals surface area contributed by atoms with Crippen molar-refractivity contribution in [2.24, 2.45) is 5.92 Å². The van der Waals surface area contributed by atoms with Crippen LogP contribution in [0.3, 0.4) is 0 Å². The third-order valence-corrected chi connectivity index (χ3v) is 4.97. The Morgan fingerprint density at radius 3 is 2.67 bits per heavy atom. The minimum absolute atomic E-state index is 0.0301. The van der Waals surface area contributed by atoms with Crippen LogP contribution in [-0.4, -0.2) is 45.4 Å². The summed E-state index contributed by atoms with van der Waals surface area (Å²) >= 11 is 0. The molecule has 1 aromatic rings. The number of aliphatic hydroxyl groups is 1. The Morgan fingerprint density at radius 2 is 2.04 bits per heavy atom. The first-order valence-corrected chi connectivity index (χ1v) is 8.77. The molecule has 2 N–H and O–H groups in total. The maximum Gasteiger partial charge on any atom is 0.227 e. The molecular weight excluding hydrogens is 308 g/mol. The average molecular weight is 334 g/mol. The van der Waals surface area contributed by atoms with E-state index in [9.17, 15) is 14.7 Å². The molecule has 1 aliphatic heterocycles. The predicted molar refractivity (Wildman–Crippen MR) is 89.5 cm³/mol. The van der Waals surface area contributed by atoms with Gasteiger partial charge in [0.2, 0.25) is 11.8 Å². The van der Waals surface area contributed by atoms with Gasteiger partial charge in [0.25, 0.3) is 0 Å². The summed E-state index contributed by atoms with van der Waals surface area (Å²) in [5.41, 5.74) is 0.754. The molecule has 1 saturated carbocycles. The van der Waals surface area contributed by atoms with Gasteiger partial charge in [-0.1, -0.05) is 0 Å². The smallest absolute Gasteiger partial charge is 0.227 e. The number of carbonyl (C=O) groups excluding carboxylic acids is 2. The summed E-state index contributed by atoms with van der Waals surface area (Å²) in [7, 11) is 0. The lowest BCUT2D eigenvalue weighted by Crippen LogP contribution is -2.42. The Bertz CT molecular complexity index is 605. The first-order chi connectivity index (χ1) is 11.4. The number of aromatic nitrogens is 2. The first-order valence-electron chi connectivity index (χ1n) is 8.77. The van der Waals surface area contributed by atoms with Crippen molar-refractivity contribution in [3.05, 3.63) is 12.4 Å². The van der Waals surface area contributed by atoms with Crippen molar-refractivity contribution in [1.29, 1.82) is 0 Å². The maximum atomic E-state index is 12.5. The van der Waals surface area contributed by atoms with Gasteiger partial charge in [0, 0.05) is 31.2 Å². The highest BCUT2D eigenvalue weighted by atomic mass is 16.3. The van der Waals surface area contributed by atoms with E-state index in [2.05, 4.69) is 10.4 Å². The Balaban J connectivity index is 1.58. The summed E-state index contributed by atoms with van der Waals surface area (Å²) < 4.78 is 1.81. The standard InChI is InChI=1S/C17H26N4O3/c1-11(2)21-10-14(8-18-21)20-9-12(7-16(20)23)17(24)19-13-3-5-15(22)6-4-13/h8,10-13,15,22H,3-7,9H2,1-2H3,(H,19,24)/t12-,13?,15?/m0/s1. The van der Waals surface area contributed by atoms with Crippen molar-refractivity contribution >= 4 is 17.5 Å². The van der Waals surface area contributed by atoms with Gasteiger partial charge in [0.15, 0.2) is 0 Å². The monoisotopic (exact) mass is 334 g/mol. The van der Waals surface area contributed by atoms with E-state index in [1.165, 1.54) is 0 Å². The second-order valence-corrected chi connectivity index (χ2v) is 7.19. The third kappa shape index (κ3) is 3.61. The number of hydrogen-bond donors (Lipinski definition) is 2. The molecule has 1 aromatic heterocycles. The van der Waals surface area contributed by atoms with Crippen LogP contribution < -0.4 is 10.2 Å². The van der Waals surface area contributed by atoms with Crippen LogP contribution in [0.2, 0.25) is 0 Å². The molecule has 0 aromatic carbocycles. The number of aliphatic hydroxyl groups excluding tert-OH is 1. The van der Waals surface area contributed by atoms with Crippen molar-refractivity contribution in [2.45, 2.75) is 64.1 Å². The molecule has 1 saturated heterocycles. The normalized spacial score (nSPS) is 27.8. The van der Waals surface area contributed by atoms with Crippen LogP contribution in [0.25, 0.3) is 0 Å². The molecule has 0 spiro atoms. The molecule has 7 heteroatoms. The summed E-state index contributed by atoms with van der Waals surface area (Å²) in [6.45, 7) is 4.46. The largest absolute Gasteiger partial charge is 0.393 e. The molecule has 2 heterocycles. The molecule has 132 valence electrons. The minimum Gasteiger partial charge on any atom is -0.393 e. The summed E-state index contributed by atoms with van der Waals surface area (Å²) in [5, 5.41) is 16.8. The van der Waals surface area contributed by atoms with Crippen LogP contribution >= 0.6 is 0 Å². The molecule has 7 nitrogen and oxygen atoms in total. The van der Waals surface area contributed by atoms with Gasteiger partial charge in [0.1, 0.15) is 0 Å². The van der Waals surface area contributed by atoms with Crippen molar-refractivity contribution in [1.82, 2.24) is 15.1 Å². The van der Waals surface area contributed by atoms with Crippen LogP contribution in [0, 0.1) is 5.92 Å². The minimum atomic E-state index is -0.313. The molecule has 3 rings (SSSR count). The molecule has 2 aliphatic rings. The van der Waals surface area contributed by atoms with E-state index in [0.29, 0.717) is 6.54 Å². The fourth-order valence-electron chi connectivity index (χ4n) is 3.42. The molecule has 0 bridgehead atoms. The number of nitrogens with one attached hydrogen (secondary N) is 1. The van der Waals surface area contributed by atoms with Gasteiger partial charge in [0.05, 0.1) is 23.9 Å². The SMILES string of the molecule is CC(C)n1cc(N2C[C@@H](C(=O)NC3CCC(O)CC3)CC2=O)cn1. The molecule has 2 amide bonds. The Hall–Kier alpha value is -1.89. The number of carbonyl (C=O) groups is 2. The lowest BCUT2D eigenvalue weighted by molar-refractivity contribution is -0.127. The fourth-order valence-corrected chi connectivity index (χ4v) is 3.42. The zero-order chi connectivity index (χ0) is 17.3. The van der Waals surface area contributed by atoms with Gasteiger partial charge in [-0.05, 0) is 39.5 Å². The van der Waals surface area contributed by atoms with E-state index < -0.39 is 0 Å². The van der Waals surface area contributed by atoms with Gasteiger partial charge < -0.3 is 15.3 Å². The molecule has 1 aliphatic carbocycles. The molecule has 0 radical (unpaired) electrons. The number of anilines is 1. The van der Waals surface area contributed by atoms with Gasteiger partial charge in [-0.3, -0.25) is 14.3 Å². The summed E-state index contributed by atoms with van der Waals surface area (Å²) in [6, 6.07) is 0.353. The fraction of sp³-hybridized carbons (Fsp3) is 0.706. The maximum absolute atomic E-state index is 12.5. The zero-order valence-electron chi connectivity index (χ0n) is 14.3. The van der Waals surface area contributed by atoms with Crippen molar-refractivity contribution in [3.8, 4) is 0 Å². The van der Waals surface area contributed by atoms with Crippen molar-refractivity contribution < 1.29 is 14.7 Å². The first kappa shape index (κ1) is 17.0. The molecule has 2 fully saturated rings. The van der Waals surface area contributed by atoms with Gasteiger partial charge in [-0.25, -0.2) is 0 Å². The highest BCUT2D eigenvalue weighted by Crippen LogP contribution is 2.26. The summed E-state index contributed by atoms with van der Waals surface area (Å²) in [6.07, 6.45) is 6.61. The van der Waals surface area contributed by atoms with Crippen LogP contribution in [0.4, 0.5) is 5.69 Å². The summed E-state index contributed by atoms with van der Waals surface area (Å²) in [4.78, 5) is 26.4. The second kappa shape index (κ2) is 6.93. The van der Waals surface area contributed by atoms with Gasteiger partial charge in [-0.2, -0.15) is 5.10 Å². The van der Waals surface area contributed by atoms with Crippen LogP contribution in [0.15, 0.2) is 12.4 Å². The van der Waals surface area contributed by atoms with E-state index in [0.717, 1.165) is 31.4 Å². The quantitative estimate of drug-likeness (QED) is 0.867. The van der Waals surface area contributed by atoms with E-state index in [-0.39, 0.29) is 42.3 Å². The molecule has 1 atom stereocenters.